The fourth-order valence-corrected chi connectivity index (χ4v) is 3.76. The molecule has 7 heteroatoms. The van der Waals surface area contributed by atoms with E-state index in [1.807, 2.05) is 11.0 Å². The molecule has 1 heterocycles. The highest BCUT2D eigenvalue weighted by molar-refractivity contribution is 7.14. The second-order valence-electron chi connectivity index (χ2n) is 7.02. The van der Waals surface area contributed by atoms with Crippen LogP contribution in [0.1, 0.15) is 34.5 Å². The molecule has 1 N–H and O–H groups in total. The molecular weight excluding hydrogens is 389 g/mol. The molecule has 2 aromatic carbocycles. The number of carbonyl (C=O) groups is 2. The molecule has 2 amide bonds. The summed E-state index contributed by atoms with van der Waals surface area (Å²) in [6, 6.07) is 15.4. The number of halogens is 1. The Hall–Kier alpha value is -3.06. The molecule has 1 aliphatic carbocycles. The van der Waals surface area contributed by atoms with E-state index < -0.39 is 0 Å². The largest absolute Gasteiger partial charge is 0.335 e. The van der Waals surface area contributed by atoms with Crippen molar-refractivity contribution in [3.63, 3.8) is 0 Å². The standard InChI is InChI=1S/C22H20FN3O2S/c23-17-8-6-15(7-9-17)13-26(19-10-11-19)20(27)12-18-14-29-22(24-18)25-21(28)16-4-2-1-3-5-16/h1-9,14,19H,10-13H2,(H,24,25,28). The van der Waals surface area contributed by atoms with Crippen molar-refractivity contribution >= 4 is 28.3 Å². The molecule has 0 spiro atoms. The smallest absolute Gasteiger partial charge is 0.257 e. The maximum absolute atomic E-state index is 13.1. The van der Waals surface area contributed by atoms with Gasteiger partial charge >= 0.3 is 0 Å². The first kappa shape index (κ1) is 19.3. The van der Waals surface area contributed by atoms with Gasteiger partial charge in [0, 0.05) is 23.5 Å². The highest BCUT2D eigenvalue weighted by Crippen LogP contribution is 2.29. The average molecular weight is 409 g/mol. The second-order valence-corrected chi connectivity index (χ2v) is 7.88. The summed E-state index contributed by atoms with van der Waals surface area (Å²) in [5, 5.41) is 5.03. The third-order valence-electron chi connectivity index (χ3n) is 4.71. The summed E-state index contributed by atoms with van der Waals surface area (Å²) in [5.74, 6) is -0.526. The lowest BCUT2D eigenvalue weighted by atomic mass is 10.2. The van der Waals surface area contributed by atoms with Crippen molar-refractivity contribution in [1.29, 1.82) is 0 Å². The topological polar surface area (TPSA) is 62.3 Å². The van der Waals surface area contributed by atoms with E-state index in [2.05, 4.69) is 10.3 Å². The van der Waals surface area contributed by atoms with E-state index in [-0.39, 0.29) is 30.1 Å². The van der Waals surface area contributed by atoms with Gasteiger partial charge in [-0.1, -0.05) is 30.3 Å². The summed E-state index contributed by atoms with van der Waals surface area (Å²) < 4.78 is 13.1. The van der Waals surface area contributed by atoms with Gasteiger partial charge in [-0.25, -0.2) is 9.37 Å². The molecule has 0 bridgehead atoms. The first-order valence-electron chi connectivity index (χ1n) is 9.43. The van der Waals surface area contributed by atoms with Gasteiger partial charge in [-0.2, -0.15) is 0 Å². The van der Waals surface area contributed by atoms with Gasteiger partial charge in [0.15, 0.2) is 5.13 Å². The van der Waals surface area contributed by atoms with Crippen LogP contribution in [-0.2, 0) is 17.8 Å². The first-order valence-corrected chi connectivity index (χ1v) is 10.3. The van der Waals surface area contributed by atoms with Gasteiger partial charge in [0.25, 0.3) is 5.91 Å². The molecule has 4 rings (SSSR count). The lowest BCUT2D eigenvalue weighted by Crippen LogP contribution is -2.33. The van der Waals surface area contributed by atoms with E-state index in [4.69, 9.17) is 0 Å². The summed E-state index contributed by atoms with van der Waals surface area (Å²) in [5.41, 5.74) is 2.09. The van der Waals surface area contributed by atoms with E-state index in [1.165, 1.54) is 23.5 Å². The number of rotatable bonds is 7. The number of hydrogen-bond acceptors (Lipinski definition) is 4. The van der Waals surface area contributed by atoms with Gasteiger partial charge in [0.2, 0.25) is 5.91 Å². The number of aromatic nitrogens is 1. The molecule has 1 aliphatic rings. The number of benzene rings is 2. The van der Waals surface area contributed by atoms with Crippen molar-refractivity contribution < 1.29 is 14.0 Å². The van der Waals surface area contributed by atoms with Crippen LogP contribution in [-0.4, -0.2) is 27.7 Å². The normalized spacial score (nSPS) is 13.1. The Morgan fingerprint density at radius 3 is 2.52 bits per heavy atom. The summed E-state index contributed by atoms with van der Waals surface area (Å²) in [6.45, 7) is 0.464. The molecule has 1 aromatic heterocycles. The molecule has 1 saturated carbocycles. The number of nitrogens with one attached hydrogen (secondary N) is 1. The van der Waals surface area contributed by atoms with Crippen LogP contribution >= 0.6 is 11.3 Å². The minimum Gasteiger partial charge on any atom is -0.335 e. The predicted molar refractivity (Wildman–Crippen MR) is 110 cm³/mol. The molecule has 29 heavy (non-hydrogen) atoms. The lowest BCUT2D eigenvalue weighted by Gasteiger charge is -2.22. The van der Waals surface area contributed by atoms with Crippen LogP contribution in [0.25, 0.3) is 0 Å². The summed E-state index contributed by atoms with van der Waals surface area (Å²) in [6.07, 6.45) is 2.15. The predicted octanol–water partition coefficient (Wildman–Crippen LogP) is 4.27. The van der Waals surface area contributed by atoms with Crippen LogP contribution in [0.5, 0.6) is 0 Å². The van der Waals surface area contributed by atoms with E-state index in [0.717, 1.165) is 18.4 Å². The van der Waals surface area contributed by atoms with Crippen LogP contribution in [0.4, 0.5) is 9.52 Å². The van der Waals surface area contributed by atoms with Gasteiger partial charge in [0.05, 0.1) is 12.1 Å². The van der Waals surface area contributed by atoms with Crippen LogP contribution in [0, 0.1) is 5.82 Å². The van der Waals surface area contributed by atoms with Gasteiger partial charge in [-0.05, 0) is 42.7 Å². The Bertz CT molecular complexity index is 1000. The van der Waals surface area contributed by atoms with Crippen LogP contribution < -0.4 is 5.32 Å². The Morgan fingerprint density at radius 2 is 1.83 bits per heavy atom. The van der Waals surface area contributed by atoms with Crippen molar-refractivity contribution in [1.82, 2.24) is 9.88 Å². The zero-order valence-electron chi connectivity index (χ0n) is 15.7. The molecular formula is C22H20FN3O2S. The number of nitrogens with zero attached hydrogens (tertiary/aromatic N) is 2. The maximum atomic E-state index is 13.1. The molecule has 148 valence electrons. The molecule has 3 aromatic rings. The monoisotopic (exact) mass is 409 g/mol. The Kier molecular flexibility index (Phi) is 5.67. The van der Waals surface area contributed by atoms with Gasteiger partial charge in [0.1, 0.15) is 5.82 Å². The Morgan fingerprint density at radius 1 is 1.10 bits per heavy atom. The summed E-state index contributed by atoms with van der Waals surface area (Å²) >= 11 is 1.30. The minimum absolute atomic E-state index is 0.0111. The molecule has 5 nitrogen and oxygen atoms in total. The van der Waals surface area contributed by atoms with Crippen molar-refractivity contribution in [3.05, 3.63) is 82.6 Å². The first-order chi connectivity index (χ1) is 14.1. The van der Waals surface area contributed by atoms with E-state index in [1.54, 1.807) is 41.8 Å². The van der Waals surface area contributed by atoms with E-state index in [0.29, 0.717) is 22.9 Å². The van der Waals surface area contributed by atoms with E-state index >= 15 is 0 Å². The Labute approximate surface area is 172 Å². The third kappa shape index (κ3) is 5.06. The zero-order chi connectivity index (χ0) is 20.2. The molecule has 0 radical (unpaired) electrons. The number of carbonyl (C=O) groups excluding carboxylic acids is 2. The maximum Gasteiger partial charge on any atom is 0.257 e. The minimum atomic E-state index is -0.286. The zero-order valence-corrected chi connectivity index (χ0v) is 16.5. The van der Waals surface area contributed by atoms with Crippen LogP contribution in [0.15, 0.2) is 60.0 Å². The van der Waals surface area contributed by atoms with E-state index in [9.17, 15) is 14.0 Å². The molecule has 0 unspecified atom stereocenters. The molecule has 0 saturated heterocycles. The Balaban J connectivity index is 1.38. The number of amides is 2. The fraction of sp³-hybridized carbons (Fsp3) is 0.227. The summed E-state index contributed by atoms with van der Waals surface area (Å²) in [7, 11) is 0. The van der Waals surface area contributed by atoms with Crippen molar-refractivity contribution in [2.45, 2.75) is 31.8 Å². The van der Waals surface area contributed by atoms with Crippen molar-refractivity contribution in [2.75, 3.05) is 5.32 Å². The van der Waals surface area contributed by atoms with Crippen LogP contribution in [0.3, 0.4) is 0 Å². The molecule has 1 fully saturated rings. The van der Waals surface area contributed by atoms with Crippen molar-refractivity contribution in [2.24, 2.45) is 0 Å². The van der Waals surface area contributed by atoms with Crippen LogP contribution in [0.2, 0.25) is 0 Å². The van der Waals surface area contributed by atoms with Crippen molar-refractivity contribution in [3.8, 4) is 0 Å². The number of thiazole rings is 1. The van der Waals surface area contributed by atoms with Gasteiger partial charge < -0.3 is 4.90 Å². The lowest BCUT2D eigenvalue weighted by molar-refractivity contribution is -0.131. The summed E-state index contributed by atoms with van der Waals surface area (Å²) in [4.78, 5) is 31.3. The van der Waals surface area contributed by atoms with Gasteiger partial charge in [-0.3, -0.25) is 14.9 Å². The number of anilines is 1. The van der Waals surface area contributed by atoms with Gasteiger partial charge in [-0.15, -0.1) is 11.3 Å². The number of hydrogen-bond donors (Lipinski definition) is 1. The SMILES string of the molecule is O=C(Nc1nc(CC(=O)N(Cc2ccc(F)cc2)C2CC2)cs1)c1ccccc1. The third-order valence-corrected chi connectivity index (χ3v) is 5.52. The average Bonchev–Trinajstić information content (AvgIpc) is 3.48. The fourth-order valence-electron chi connectivity index (χ4n) is 3.05. The molecule has 0 aliphatic heterocycles. The highest BCUT2D eigenvalue weighted by atomic mass is 32.1. The quantitative estimate of drug-likeness (QED) is 0.634. The highest BCUT2D eigenvalue weighted by Gasteiger charge is 2.32. The molecule has 0 atom stereocenters. The second kappa shape index (κ2) is 8.53.